The molecule has 1 aromatic carbocycles. The smallest absolute Gasteiger partial charge is 0.321 e. The lowest BCUT2D eigenvalue weighted by molar-refractivity contribution is 0.198. The van der Waals surface area contributed by atoms with Gasteiger partial charge in [-0.3, -0.25) is 0 Å². The first-order chi connectivity index (χ1) is 11.7. The molecule has 0 unspecified atom stereocenters. The van der Waals surface area contributed by atoms with Crippen molar-refractivity contribution in [1.82, 2.24) is 20.2 Å². The van der Waals surface area contributed by atoms with E-state index in [1.54, 1.807) is 47.8 Å². The number of carbonyl (C=O) groups excluding carboxylic acids is 1. The van der Waals surface area contributed by atoms with Crippen LogP contribution in [0.3, 0.4) is 0 Å². The summed E-state index contributed by atoms with van der Waals surface area (Å²) in [6.45, 7) is 2.60. The summed E-state index contributed by atoms with van der Waals surface area (Å²) >= 11 is 0. The van der Waals surface area contributed by atoms with Crippen LogP contribution in [0.25, 0.3) is 6.08 Å². The molecule has 1 aliphatic rings. The molecule has 2 amide bonds. The molecular weight excluding hydrogens is 309 g/mol. The number of carbonyl (C=O) groups is 1. The molecule has 0 aliphatic carbocycles. The van der Waals surface area contributed by atoms with Crippen LogP contribution in [0.5, 0.6) is 0 Å². The topological polar surface area (TPSA) is 61.4 Å². The Morgan fingerprint density at radius 2 is 1.75 bits per heavy atom. The zero-order valence-corrected chi connectivity index (χ0v) is 13.1. The minimum absolute atomic E-state index is 0.151. The Kier molecular flexibility index (Phi) is 5.00. The standard InChI is InChI=1S/C17H18FN5O/c18-15-4-2-14(3-5-15)6-9-21-17(24)23-12-10-22(11-13-23)16-19-7-1-8-20-16/h1-9H,10-13H2,(H,21,24)/b9-6+. The number of piperazine rings is 1. The molecule has 0 saturated carbocycles. The van der Waals surface area contributed by atoms with Crippen molar-refractivity contribution in [3.63, 3.8) is 0 Å². The van der Waals surface area contributed by atoms with Crippen molar-refractivity contribution in [1.29, 1.82) is 0 Å². The van der Waals surface area contributed by atoms with Gasteiger partial charge in [0, 0.05) is 44.8 Å². The van der Waals surface area contributed by atoms with E-state index in [2.05, 4.69) is 20.2 Å². The largest absolute Gasteiger partial charge is 0.337 e. The zero-order chi connectivity index (χ0) is 16.8. The van der Waals surface area contributed by atoms with Gasteiger partial charge < -0.3 is 15.1 Å². The molecule has 7 heteroatoms. The third-order valence-electron chi connectivity index (χ3n) is 3.75. The fraction of sp³-hybridized carbons (Fsp3) is 0.235. The Morgan fingerprint density at radius 1 is 1.08 bits per heavy atom. The lowest BCUT2D eigenvalue weighted by atomic mass is 10.2. The highest BCUT2D eigenvalue weighted by molar-refractivity contribution is 5.76. The van der Waals surface area contributed by atoms with E-state index in [-0.39, 0.29) is 11.8 Å². The highest BCUT2D eigenvalue weighted by atomic mass is 19.1. The SMILES string of the molecule is O=C(N/C=C/c1ccc(F)cc1)N1CCN(c2ncccn2)CC1. The van der Waals surface area contributed by atoms with Gasteiger partial charge in [-0.1, -0.05) is 12.1 Å². The second-order valence-electron chi connectivity index (χ2n) is 5.36. The number of hydrogen-bond donors (Lipinski definition) is 1. The third-order valence-corrected chi connectivity index (χ3v) is 3.75. The van der Waals surface area contributed by atoms with Crippen molar-refractivity contribution in [3.8, 4) is 0 Å². The third kappa shape index (κ3) is 4.07. The molecule has 1 N–H and O–H groups in total. The molecule has 2 aromatic rings. The quantitative estimate of drug-likeness (QED) is 0.938. The molecule has 0 spiro atoms. The number of benzene rings is 1. The number of nitrogens with zero attached hydrogens (tertiary/aromatic N) is 4. The molecule has 1 aliphatic heterocycles. The minimum atomic E-state index is -0.281. The van der Waals surface area contributed by atoms with Gasteiger partial charge in [-0.2, -0.15) is 0 Å². The van der Waals surface area contributed by atoms with Gasteiger partial charge in [-0.15, -0.1) is 0 Å². The molecule has 24 heavy (non-hydrogen) atoms. The van der Waals surface area contributed by atoms with Gasteiger partial charge in [0.1, 0.15) is 5.82 Å². The number of hydrogen-bond acceptors (Lipinski definition) is 4. The lowest BCUT2D eigenvalue weighted by Crippen LogP contribution is -2.51. The van der Waals surface area contributed by atoms with Crippen LogP contribution in [0.2, 0.25) is 0 Å². The summed E-state index contributed by atoms with van der Waals surface area (Å²) in [6.07, 6.45) is 6.72. The van der Waals surface area contributed by atoms with E-state index in [0.717, 1.165) is 5.56 Å². The van der Waals surface area contributed by atoms with E-state index in [9.17, 15) is 9.18 Å². The number of nitrogens with one attached hydrogen (secondary N) is 1. The van der Waals surface area contributed by atoms with Crippen LogP contribution < -0.4 is 10.2 Å². The first-order valence-electron chi connectivity index (χ1n) is 7.72. The number of urea groups is 1. The Morgan fingerprint density at radius 3 is 2.42 bits per heavy atom. The van der Waals surface area contributed by atoms with Crippen LogP contribution in [0, 0.1) is 5.82 Å². The molecule has 2 heterocycles. The first kappa shape index (κ1) is 15.9. The van der Waals surface area contributed by atoms with Crippen molar-refractivity contribution in [2.45, 2.75) is 0 Å². The minimum Gasteiger partial charge on any atom is -0.337 e. The molecule has 0 radical (unpaired) electrons. The van der Waals surface area contributed by atoms with Crippen molar-refractivity contribution in [2.75, 3.05) is 31.1 Å². The second kappa shape index (κ2) is 7.54. The summed E-state index contributed by atoms with van der Waals surface area (Å²) in [5, 5.41) is 2.73. The fourth-order valence-corrected chi connectivity index (χ4v) is 2.44. The molecule has 0 bridgehead atoms. The van der Waals surface area contributed by atoms with Crippen LogP contribution in [0.15, 0.2) is 48.9 Å². The van der Waals surface area contributed by atoms with Gasteiger partial charge >= 0.3 is 6.03 Å². The normalized spacial score (nSPS) is 14.9. The number of rotatable bonds is 3. The molecule has 1 saturated heterocycles. The average molecular weight is 327 g/mol. The maximum absolute atomic E-state index is 12.8. The van der Waals surface area contributed by atoms with Crippen LogP contribution in [0.1, 0.15) is 5.56 Å². The first-order valence-corrected chi connectivity index (χ1v) is 7.72. The van der Waals surface area contributed by atoms with Crippen molar-refractivity contribution < 1.29 is 9.18 Å². The zero-order valence-electron chi connectivity index (χ0n) is 13.1. The summed E-state index contributed by atoms with van der Waals surface area (Å²) in [5.41, 5.74) is 0.822. The van der Waals surface area contributed by atoms with Crippen LogP contribution in [-0.4, -0.2) is 47.1 Å². The van der Waals surface area contributed by atoms with E-state index < -0.39 is 0 Å². The number of aromatic nitrogens is 2. The Hall–Kier alpha value is -2.96. The van der Waals surface area contributed by atoms with Gasteiger partial charge in [0.25, 0.3) is 0 Å². The van der Waals surface area contributed by atoms with Gasteiger partial charge in [0.15, 0.2) is 0 Å². The van der Waals surface area contributed by atoms with E-state index >= 15 is 0 Å². The molecule has 124 valence electrons. The summed E-state index contributed by atoms with van der Waals surface area (Å²) < 4.78 is 12.8. The molecule has 1 aromatic heterocycles. The Labute approximate surface area is 139 Å². The number of halogens is 1. The molecule has 3 rings (SSSR count). The van der Waals surface area contributed by atoms with E-state index in [1.807, 2.05) is 0 Å². The van der Waals surface area contributed by atoms with Crippen LogP contribution in [-0.2, 0) is 0 Å². The average Bonchev–Trinajstić information content (AvgIpc) is 2.64. The monoisotopic (exact) mass is 327 g/mol. The molecule has 0 atom stereocenters. The predicted molar refractivity (Wildman–Crippen MR) is 89.8 cm³/mol. The Balaban J connectivity index is 1.47. The summed E-state index contributed by atoms with van der Waals surface area (Å²) in [4.78, 5) is 24.4. The van der Waals surface area contributed by atoms with E-state index in [4.69, 9.17) is 0 Å². The predicted octanol–water partition coefficient (Wildman–Crippen LogP) is 2.12. The molecule has 1 fully saturated rings. The highest BCUT2D eigenvalue weighted by Gasteiger charge is 2.21. The number of anilines is 1. The van der Waals surface area contributed by atoms with Gasteiger partial charge in [-0.25, -0.2) is 19.2 Å². The van der Waals surface area contributed by atoms with Gasteiger partial charge in [-0.05, 0) is 29.8 Å². The van der Waals surface area contributed by atoms with E-state index in [1.165, 1.54) is 12.1 Å². The Bertz CT molecular complexity index is 697. The lowest BCUT2D eigenvalue weighted by Gasteiger charge is -2.34. The summed E-state index contributed by atoms with van der Waals surface area (Å²) in [7, 11) is 0. The maximum Gasteiger partial charge on any atom is 0.321 e. The maximum atomic E-state index is 12.8. The van der Waals surface area contributed by atoms with Crippen molar-refractivity contribution in [3.05, 3.63) is 60.3 Å². The van der Waals surface area contributed by atoms with Gasteiger partial charge in [0.05, 0.1) is 0 Å². The highest BCUT2D eigenvalue weighted by Crippen LogP contribution is 2.09. The van der Waals surface area contributed by atoms with Crippen LogP contribution in [0.4, 0.5) is 15.1 Å². The van der Waals surface area contributed by atoms with Crippen molar-refractivity contribution in [2.24, 2.45) is 0 Å². The fourth-order valence-electron chi connectivity index (χ4n) is 2.44. The summed E-state index contributed by atoms with van der Waals surface area (Å²) in [6, 6.07) is 7.69. The second-order valence-corrected chi connectivity index (χ2v) is 5.36. The van der Waals surface area contributed by atoms with Gasteiger partial charge in [0.2, 0.25) is 5.95 Å². The van der Waals surface area contributed by atoms with Crippen LogP contribution >= 0.6 is 0 Å². The molecular formula is C17H18FN5O. The van der Waals surface area contributed by atoms with E-state index in [0.29, 0.717) is 32.1 Å². The summed E-state index contributed by atoms with van der Waals surface area (Å²) in [5.74, 6) is 0.408. The molecule has 6 nitrogen and oxygen atoms in total. The van der Waals surface area contributed by atoms with Crippen molar-refractivity contribution >= 4 is 18.1 Å². The number of amides is 2.